The Morgan fingerprint density at radius 2 is 2.14 bits per heavy atom. The van der Waals surface area contributed by atoms with Gasteiger partial charge in [-0.3, -0.25) is 19.7 Å². The quantitative estimate of drug-likeness (QED) is 0.449. The van der Waals surface area contributed by atoms with E-state index in [2.05, 4.69) is 5.32 Å². The lowest BCUT2D eigenvalue weighted by atomic mass is 10.1. The second-order valence-electron chi connectivity index (χ2n) is 4.08. The van der Waals surface area contributed by atoms with Crippen LogP contribution in [-0.4, -0.2) is 40.0 Å². The first-order valence-corrected chi connectivity index (χ1v) is 7.00. The van der Waals surface area contributed by atoms with Crippen LogP contribution >= 0.6 is 11.8 Å². The van der Waals surface area contributed by atoms with Crippen molar-refractivity contribution >= 4 is 29.3 Å². The van der Waals surface area contributed by atoms with Crippen molar-refractivity contribution in [3.63, 3.8) is 0 Å². The molecule has 1 amide bonds. The Balaban J connectivity index is 2.74. The number of carbonyl (C=O) groups is 2. The molecule has 0 aliphatic rings. The molecular weight excluding hydrogens is 303 g/mol. The van der Waals surface area contributed by atoms with Gasteiger partial charge in [0.1, 0.15) is 11.4 Å². The van der Waals surface area contributed by atoms with Crippen molar-refractivity contribution in [3.8, 4) is 0 Å². The van der Waals surface area contributed by atoms with Gasteiger partial charge in [0.25, 0.3) is 11.6 Å². The standard InChI is InChI=1S/C12H13FN2O5S/c1-7-4-8(13)5-9(11(7)15(19)20)12(18)14-2-3-21-6-10(16)17/h4-5H,2-3,6H2,1H3,(H,14,18)(H,16,17). The maximum absolute atomic E-state index is 13.3. The summed E-state index contributed by atoms with van der Waals surface area (Å²) in [6.45, 7) is 1.48. The lowest BCUT2D eigenvalue weighted by Gasteiger charge is -2.07. The van der Waals surface area contributed by atoms with Gasteiger partial charge in [-0.25, -0.2) is 4.39 Å². The third-order valence-corrected chi connectivity index (χ3v) is 3.39. The van der Waals surface area contributed by atoms with Gasteiger partial charge in [-0.15, -0.1) is 11.8 Å². The molecule has 0 saturated heterocycles. The van der Waals surface area contributed by atoms with Gasteiger partial charge in [0, 0.05) is 17.9 Å². The number of amides is 1. The van der Waals surface area contributed by atoms with E-state index in [1.54, 1.807) is 0 Å². The molecule has 0 heterocycles. The van der Waals surface area contributed by atoms with E-state index in [1.165, 1.54) is 6.92 Å². The molecule has 7 nitrogen and oxygen atoms in total. The average Bonchev–Trinajstić information content (AvgIpc) is 2.36. The molecular formula is C12H13FN2O5S. The van der Waals surface area contributed by atoms with Gasteiger partial charge in [0.05, 0.1) is 10.7 Å². The highest BCUT2D eigenvalue weighted by Gasteiger charge is 2.23. The summed E-state index contributed by atoms with van der Waals surface area (Å²) in [7, 11) is 0. The molecule has 0 spiro atoms. The number of aryl methyl sites for hydroxylation is 1. The Hall–Kier alpha value is -2.16. The topological polar surface area (TPSA) is 110 Å². The number of hydrogen-bond acceptors (Lipinski definition) is 5. The molecule has 21 heavy (non-hydrogen) atoms. The van der Waals surface area contributed by atoms with Crippen molar-refractivity contribution in [2.75, 3.05) is 18.1 Å². The fourth-order valence-electron chi connectivity index (χ4n) is 1.64. The summed E-state index contributed by atoms with van der Waals surface area (Å²) in [6, 6.07) is 1.79. The molecule has 0 saturated carbocycles. The summed E-state index contributed by atoms with van der Waals surface area (Å²) in [5.74, 6) is -2.23. The van der Waals surface area contributed by atoms with Crippen molar-refractivity contribution in [2.24, 2.45) is 0 Å². The van der Waals surface area contributed by atoms with Gasteiger partial charge < -0.3 is 10.4 Å². The van der Waals surface area contributed by atoms with Crippen molar-refractivity contribution in [1.29, 1.82) is 0 Å². The fourth-order valence-corrected chi connectivity index (χ4v) is 2.21. The smallest absolute Gasteiger partial charge is 0.313 e. The van der Waals surface area contributed by atoms with Crippen LogP contribution in [0, 0.1) is 22.9 Å². The molecule has 0 bridgehead atoms. The molecule has 114 valence electrons. The van der Waals surface area contributed by atoms with E-state index in [4.69, 9.17) is 5.11 Å². The number of carboxylic acids is 1. The number of benzene rings is 1. The summed E-state index contributed by atoms with van der Waals surface area (Å²) < 4.78 is 13.3. The highest BCUT2D eigenvalue weighted by atomic mass is 32.2. The maximum Gasteiger partial charge on any atom is 0.313 e. The highest BCUT2D eigenvalue weighted by Crippen LogP contribution is 2.24. The van der Waals surface area contributed by atoms with E-state index in [0.717, 1.165) is 23.9 Å². The summed E-state index contributed by atoms with van der Waals surface area (Å²) >= 11 is 1.09. The van der Waals surface area contributed by atoms with E-state index in [1.807, 2.05) is 0 Å². The highest BCUT2D eigenvalue weighted by molar-refractivity contribution is 7.99. The van der Waals surface area contributed by atoms with Crippen LogP contribution in [0.1, 0.15) is 15.9 Å². The van der Waals surface area contributed by atoms with Crippen LogP contribution in [0.4, 0.5) is 10.1 Å². The minimum Gasteiger partial charge on any atom is -0.481 e. The van der Waals surface area contributed by atoms with E-state index in [0.29, 0.717) is 5.75 Å². The number of thioether (sulfide) groups is 1. The summed E-state index contributed by atoms with van der Waals surface area (Å²) in [6.07, 6.45) is 0. The number of rotatable bonds is 7. The van der Waals surface area contributed by atoms with Crippen LogP contribution in [0.25, 0.3) is 0 Å². The van der Waals surface area contributed by atoms with Gasteiger partial charge in [0.15, 0.2) is 0 Å². The summed E-state index contributed by atoms with van der Waals surface area (Å²) in [5.41, 5.74) is -0.724. The van der Waals surface area contributed by atoms with Crippen LogP contribution in [-0.2, 0) is 4.79 Å². The molecule has 1 rings (SSSR count). The lowest BCUT2D eigenvalue weighted by molar-refractivity contribution is -0.385. The minimum atomic E-state index is -0.970. The number of nitrogens with one attached hydrogen (secondary N) is 1. The average molecular weight is 316 g/mol. The number of carbonyl (C=O) groups excluding carboxylic acids is 1. The van der Waals surface area contributed by atoms with E-state index >= 15 is 0 Å². The molecule has 9 heteroatoms. The number of hydrogen-bond donors (Lipinski definition) is 2. The largest absolute Gasteiger partial charge is 0.481 e. The van der Waals surface area contributed by atoms with Crippen molar-refractivity contribution in [3.05, 3.63) is 39.2 Å². The van der Waals surface area contributed by atoms with Crippen molar-refractivity contribution in [2.45, 2.75) is 6.92 Å². The van der Waals surface area contributed by atoms with Crippen LogP contribution in [0.3, 0.4) is 0 Å². The first-order chi connectivity index (χ1) is 9.82. The minimum absolute atomic E-state index is 0.0606. The fraction of sp³-hybridized carbons (Fsp3) is 0.333. The Labute approximate surface area is 123 Å². The molecule has 0 aliphatic heterocycles. The maximum atomic E-state index is 13.3. The normalized spacial score (nSPS) is 10.2. The molecule has 0 radical (unpaired) electrons. The van der Waals surface area contributed by atoms with Crippen LogP contribution < -0.4 is 5.32 Å². The third kappa shape index (κ3) is 5.03. The van der Waals surface area contributed by atoms with Crippen molar-refractivity contribution in [1.82, 2.24) is 5.32 Å². The molecule has 1 aromatic carbocycles. The van der Waals surface area contributed by atoms with E-state index < -0.39 is 28.3 Å². The molecule has 0 aliphatic carbocycles. The first kappa shape index (κ1) is 16.9. The molecule has 0 aromatic heterocycles. The van der Waals surface area contributed by atoms with Gasteiger partial charge >= 0.3 is 5.97 Å². The Morgan fingerprint density at radius 3 is 2.71 bits per heavy atom. The number of nitro benzene ring substituents is 1. The zero-order valence-electron chi connectivity index (χ0n) is 11.1. The van der Waals surface area contributed by atoms with Crippen LogP contribution in [0.5, 0.6) is 0 Å². The molecule has 2 N–H and O–H groups in total. The molecule has 0 unspecified atom stereocenters. The monoisotopic (exact) mass is 316 g/mol. The third-order valence-electron chi connectivity index (χ3n) is 2.45. The summed E-state index contributed by atoms with van der Waals surface area (Å²) in [5, 5.41) is 21.8. The van der Waals surface area contributed by atoms with Gasteiger partial charge in [-0.2, -0.15) is 0 Å². The Bertz CT molecular complexity index is 579. The van der Waals surface area contributed by atoms with Crippen LogP contribution in [0.15, 0.2) is 12.1 Å². The molecule has 0 fully saturated rings. The van der Waals surface area contributed by atoms with Gasteiger partial charge in [-0.05, 0) is 19.1 Å². The number of nitrogens with zero attached hydrogens (tertiary/aromatic N) is 1. The number of carboxylic acid groups (broad SMARTS) is 1. The van der Waals surface area contributed by atoms with Crippen LogP contribution in [0.2, 0.25) is 0 Å². The zero-order valence-corrected chi connectivity index (χ0v) is 11.9. The van der Waals surface area contributed by atoms with Gasteiger partial charge in [-0.1, -0.05) is 0 Å². The number of aliphatic carboxylic acids is 1. The molecule has 1 aromatic rings. The Kier molecular flexibility index (Phi) is 6.10. The van der Waals surface area contributed by atoms with E-state index in [-0.39, 0.29) is 23.4 Å². The van der Waals surface area contributed by atoms with Gasteiger partial charge in [0.2, 0.25) is 0 Å². The number of halogens is 1. The number of nitro groups is 1. The first-order valence-electron chi connectivity index (χ1n) is 5.85. The lowest BCUT2D eigenvalue weighted by Crippen LogP contribution is -2.27. The van der Waals surface area contributed by atoms with E-state index in [9.17, 15) is 24.1 Å². The summed E-state index contributed by atoms with van der Waals surface area (Å²) in [4.78, 5) is 32.4. The van der Waals surface area contributed by atoms with Crippen molar-refractivity contribution < 1.29 is 24.0 Å². The predicted molar refractivity (Wildman–Crippen MR) is 75.1 cm³/mol. The Morgan fingerprint density at radius 1 is 1.48 bits per heavy atom. The SMILES string of the molecule is Cc1cc(F)cc(C(=O)NCCSCC(=O)O)c1[N+](=O)[O-]. The zero-order chi connectivity index (χ0) is 16.0. The second kappa shape index (κ2) is 7.58. The second-order valence-corrected chi connectivity index (χ2v) is 5.18. The predicted octanol–water partition coefficient (Wildman–Crippen LogP) is 1.59. The molecule has 0 atom stereocenters.